The van der Waals surface area contributed by atoms with Gasteiger partial charge in [0, 0.05) is 23.3 Å². The Morgan fingerprint density at radius 3 is 2.61 bits per heavy atom. The molecule has 2 aliphatic rings. The second kappa shape index (κ2) is 5.10. The molecule has 0 atom stereocenters. The van der Waals surface area contributed by atoms with Gasteiger partial charge >= 0.3 is 0 Å². The van der Waals surface area contributed by atoms with Gasteiger partial charge < -0.3 is 10.6 Å². The molecule has 0 bridgehead atoms. The number of anilines is 1. The second-order valence-corrected chi connectivity index (χ2v) is 6.08. The average molecular weight is 265 g/mol. The Morgan fingerprint density at radius 2 is 2.00 bits per heavy atom. The summed E-state index contributed by atoms with van der Waals surface area (Å²) in [4.78, 5) is 2.59. The summed E-state index contributed by atoms with van der Waals surface area (Å²) in [5.41, 5.74) is 8.41. The number of nitrogens with zero attached hydrogens (tertiary/aromatic N) is 1. The zero-order valence-corrected chi connectivity index (χ0v) is 11.5. The van der Waals surface area contributed by atoms with Crippen LogP contribution in [0.3, 0.4) is 0 Å². The van der Waals surface area contributed by atoms with Gasteiger partial charge in [0.1, 0.15) is 0 Å². The molecule has 0 saturated heterocycles. The van der Waals surface area contributed by atoms with E-state index in [9.17, 15) is 0 Å². The van der Waals surface area contributed by atoms with Crippen molar-refractivity contribution in [1.29, 1.82) is 0 Å². The van der Waals surface area contributed by atoms with Gasteiger partial charge in [0.2, 0.25) is 0 Å². The van der Waals surface area contributed by atoms with E-state index < -0.39 is 0 Å². The maximum atomic E-state index is 6.18. The van der Waals surface area contributed by atoms with Crippen molar-refractivity contribution in [2.75, 3.05) is 18.0 Å². The van der Waals surface area contributed by atoms with E-state index in [1.54, 1.807) is 0 Å². The lowest BCUT2D eigenvalue weighted by atomic mass is 10.1. The van der Waals surface area contributed by atoms with Crippen LogP contribution in [0.5, 0.6) is 0 Å². The Labute approximate surface area is 114 Å². The summed E-state index contributed by atoms with van der Waals surface area (Å²) in [6, 6.07) is 7.01. The maximum absolute atomic E-state index is 6.18. The number of rotatable bonds is 6. The zero-order chi connectivity index (χ0) is 12.5. The summed E-state index contributed by atoms with van der Waals surface area (Å²) in [5.74, 6) is 0.912. The highest BCUT2D eigenvalue weighted by Crippen LogP contribution is 2.39. The van der Waals surface area contributed by atoms with Gasteiger partial charge in [-0.25, -0.2) is 0 Å². The first-order chi connectivity index (χ1) is 8.78. The summed E-state index contributed by atoms with van der Waals surface area (Å²) in [7, 11) is 0. The third-order valence-corrected chi connectivity index (χ3v) is 4.15. The van der Waals surface area contributed by atoms with Crippen molar-refractivity contribution in [1.82, 2.24) is 0 Å². The van der Waals surface area contributed by atoms with Crippen molar-refractivity contribution in [3.05, 3.63) is 28.8 Å². The van der Waals surface area contributed by atoms with Crippen molar-refractivity contribution in [3.63, 3.8) is 0 Å². The van der Waals surface area contributed by atoms with Crippen molar-refractivity contribution < 1.29 is 0 Å². The summed E-state index contributed by atoms with van der Waals surface area (Å²) < 4.78 is 0. The summed E-state index contributed by atoms with van der Waals surface area (Å²) in [5, 5.41) is 0.840. The highest BCUT2D eigenvalue weighted by molar-refractivity contribution is 6.30. The van der Waals surface area contributed by atoms with Crippen molar-refractivity contribution >= 4 is 17.3 Å². The van der Waals surface area contributed by atoms with Crippen LogP contribution in [0, 0.1) is 5.92 Å². The van der Waals surface area contributed by atoms with Gasteiger partial charge in [0.05, 0.1) is 0 Å². The summed E-state index contributed by atoms with van der Waals surface area (Å²) in [6.45, 7) is 1.92. The van der Waals surface area contributed by atoms with Gasteiger partial charge in [0.25, 0.3) is 0 Å². The number of halogens is 1. The molecule has 98 valence electrons. The van der Waals surface area contributed by atoms with Gasteiger partial charge in [-0.05, 0) is 62.3 Å². The summed E-state index contributed by atoms with van der Waals surface area (Å²) in [6.07, 6.45) is 6.41. The molecular weight excluding hydrogens is 244 g/mol. The minimum atomic E-state index is 0.705. The van der Waals surface area contributed by atoms with E-state index in [1.807, 2.05) is 6.07 Å². The molecular formula is C15H21ClN2. The van der Waals surface area contributed by atoms with Crippen molar-refractivity contribution in [2.45, 2.75) is 38.1 Å². The van der Waals surface area contributed by atoms with Crippen LogP contribution in [0.2, 0.25) is 5.02 Å². The van der Waals surface area contributed by atoms with E-state index in [2.05, 4.69) is 17.0 Å². The maximum Gasteiger partial charge on any atom is 0.0426 e. The second-order valence-electron chi connectivity index (χ2n) is 5.64. The van der Waals surface area contributed by atoms with E-state index in [4.69, 9.17) is 17.3 Å². The molecule has 1 aromatic carbocycles. The molecule has 2 N–H and O–H groups in total. The van der Waals surface area contributed by atoms with Crippen LogP contribution in [-0.4, -0.2) is 19.1 Å². The van der Waals surface area contributed by atoms with Crippen molar-refractivity contribution in [2.24, 2.45) is 11.7 Å². The predicted molar refractivity (Wildman–Crippen MR) is 77.3 cm³/mol. The third-order valence-electron chi connectivity index (χ3n) is 3.91. The molecule has 0 unspecified atom stereocenters. The first kappa shape index (κ1) is 12.3. The monoisotopic (exact) mass is 264 g/mol. The molecule has 0 radical (unpaired) electrons. The lowest BCUT2D eigenvalue weighted by molar-refractivity contribution is 0.714. The Hall–Kier alpha value is -0.730. The molecule has 0 amide bonds. The molecule has 18 heavy (non-hydrogen) atoms. The zero-order valence-electron chi connectivity index (χ0n) is 10.7. The van der Waals surface area contributed by atoms with Crippen LogP contribution in [0.1, 0.15) is 31.2 Å². The van der Waals surface area contributed by atoms with E-state index in [0.717, 1.165) is 23.4 Å². The van der Waals surface area contributed by atoms with Crippen LogP contribution in [-0.2, 0) is 6.42 Å². The highest BCUT2D eigenvalue weighted by atomic mass is 35.5. The smallest absolute Gasteiger partial charge is 0.0426 e. The summed E-state index contributed by atoms with van der Waals surface area (Å²) >= 11 is 6.18. The molecule has 2 fully saturated rings. The molecule has 2 nitrogen and oxygen atoms in total. The van der Waals surface area contributed by atoms with Gasteiger partial charge in [-0.2, -0.15) is 0 Å². The Morgan fingerprint density at radius 1 is 1.22 bits per heavy atom. The highest BCUT2D eigenvalue weighted by Gasteiger charge is 2.34. The van der Waals surface area contributed by atoms with Crippen LogP contribution < -0.4 is 10.6 Å². The van der Waals surface area contributed by atoms with E-state index in [-0.39, 0.29) is 0 Å². The van der Waals surface area contributed by atoms with Crippen LogP contribution in [0.4, 0.5) is 5.69 Å². The number of nitrogens with two attached hydrogens (primary N) is 1. The topological polar surface area (TPSA) is 29.3 Å². The van der Waals surface area contributed by atoms with E-state index in [1.165, 1.54) is 43.5 Å². The lowest BCUT2D eigenvalue weighted by Gasteiger charge is -2.27. The first-order valence-electron chi connectivity index (χ1n) is 7.03. The first-order valence-corrected chi connectivity index (χ1v) is 7.41. The van der Waals surface area contributed by atoms with E-state index >= 15 is 0 Å². The fraction of sp³-hybridized carbons (Fsp3) is 0.600. The van der Waals surface area contributed by atoms with Gasteiger partial charge in [-0.15, -0.1) is 0 Å². The molecule has 2 aliphatic carbocycles. The van der Waals surface area contributed by atoms with Gasteiger partial charge in [-0.1, -0.05) is 17.7 Å². The minimum absolute atomic E-state index is 0.705. The predicted octanol–water partition coefficient (Wildman–Crippen LogP) is 3.22. The Bertz CT molecular complexity index is 425. The van der Waals surface area contributed by atoms with Crippen LogP contribution >= 0.6 is 11.6 Å². The van der Waals surface area contributed by atoms with Crippen LogP contribution in [0.25, 0.3) is 0 Å². The van der Waals surface area contributed by atoms with Crippen molar-refractivity contribution in [3.8, 4) is 0 Å². The molecule has 0 heterocycles. The Balaban J connectivity index is 1.87. The standard InChI is InChI=1S/C15H21ClN2/c16-13-4-3-12(7-8-17)15(9-13)18(14-5-6-14)10-11-1-2-11/h3-4,9,11,14H,1-2,5-8,10,17H2. The molecule has 3 rings (SSSR count). The minimum Gasteiger partial charge on any atom is -0.368 e. The van der Waals surface area contributed by atoms with Crippen LogP contribution in [0.15, 0.2) is 18.2 Å². The van der Waals surface area contributed by atoms with Gasteiger partial charge in [-0.3, -0.25) is 0 Å². The fourth-order valence-electron chi connectivity index (χ4n) is 2.58. The molecule has 3 heteroatoms. The average Bonchev–Trinajstić information content (AvgIpc) is 3.22. The molecule has 0 spiro atoms. The number of benzene rings is 1. The SMILES string of the molecule is NCCc1ccc(Cl)cc1N(CC1CC1)C1CC1. The molecule has 2 saturated carbocycles. The molecule has 1 aromatic rings. The van der Waals surface area contributed by atoms with E-state index in [0.29, 0.717) is 6.54 Å². The normalized spacial score (nSPS) is 19.0. The lowest BCUT2D eigenvalue weighted by Crippen LogP contribution is -2.29. The molecule has 0 aromatic heterocycles. The van der Waals surface area contributed by atoms with Gasteiger partial charge in [0.15, 0.2) is 0 Å². The molecule has 0 aliphatic heterocycles. The fourth-order valence-corrected chi connectivity index (χ4v) is 2.75. The number of hydrogen-bond acceptors (Lipinski definition) is 2. The Kier molecular flexibility index (Phi) is 3.49. The largest absolute Gasteiger partial charge is 0.368 e. The number of hydrogen-bond donors (Lipinski definition) is 1. The quantitative estimate of drug-likeness (QED) is 0.855. The third kappa shape index (κ3) is 2.81.